The van der Waals surface area contributed by atoms with Crippen LogP contribution in [0.4, 0.5) is 38.7 Å². The van der Waals surface area contributed by atoms with Crippen molar-refractivity contribution in [2.75, 3.05) is 27.2 Å². The fraction of sp³-hybridized carbons (Fsp3) is 0.857. The van der Waals surface area contributed by atoms with Gasteiger partial charge in [-0.1, -0.05) is 0 Å². The van der Waals surface area contributed by atoms with E-state index in [2.05, 4.69) is 0 Å². The van der Waals surface area contributed by atoms with Crippen LogP contribution in [0.5, 0.6) is 0 Å². The van der Waals surface area contributed by atoms with Crippen LogP contribution < -0.4 is 0 Å². The van der Waals surface area contributed by atoms with Gasteiger partial charge in [0.15, 0.2) is 0 Å². The average molecular weight is 324 g/mol. The molecule has 0 saturated carbocycles. The third-order valence-electron chi connectivity index (χ3n) is 2.76. The number of hydrogen-bond acceptors (Lipinski definition) is 1. The Bertz CT molecular complexity index is 444. The van der Waals surface area contributed by atoms with E-state index in [1.54, 1.807) is 0 Å². The Labute approximate surface area is 101 Å². The van der Waals surface area contributed by atoms with Crippen molar-refractivity contribution in [2.24, 2.45) is 0 Å². The van der Waals surface area contributed by atoms with Crippen molar-refractivity contribution in [3.63, 3.8) is 0 Å². The number of likely N-dealkylation sites (N-methyl/N-ethyl adjacent to an activating group) is 2. The van der Waals surface area contributed by atoms with Crippen LogP contribution in [-0.2, 0) is 0 Å². The zero-order valence-electron chi connectivity index (χ0n) is 9.66. The van der Waals surface area contributed by atoms with Crippen LogP contribution in [0.2, 0.25) is 0 Å². The topological polar surface area (TPSA) is 6.25 Å². The Kier molecular flexibility index (Phi) is 2.83. The first-order chi connectivity index (χ1) is 7.96. The molecule has 0 aromatic heterocycles. The van der Waals surface area contributed by atoms with Gasteiger partial charge in [0.2, 0.25) is 0 Å². The van der Waals surface area contributed by atoms with E-state index in [0.29, 0.717) is 14.1 Å². The molecule has 1 aliphatic heterocycles. The van der Waals surface area contributed by atoms with Crippen LogP contribution >= 0.6 is 7.19 Å². The molecule has 2 nitrogen and oxygen atoms in total. The molecule has 12 heteroatoms. The first kappa shape index (κ1) is 16.3. The van der Waals surface area contributed by atoms with Gasteiger partial charge in [-0.25, -0.2) is 0 Å². The van der Waals surface area contributed by atoms with Crippen molar-refractivity contribution in [3.05, 3.63) is 0 Å². The molecule has 0 fully saturated rings. The van der Waals surface area contributed by atoms with Gasteiger partial charge in [-0.05, 0) is 0 Å². The van der Waals surface area contributed by atoms with E-state index in [0.717, 1.165) is 0 Å². The molecule has 1 heterocycles. The predicted octanol–water partition coefficient (Wildman–Crippen LogP) is 3.71. The molecule has 0 atom stereocenters. The van der Waals surface area contributed by atoms with Crippen LogP contribution in [0.25, 0.3) is 0 Å². The van der Waals surface area contributed by atoms with Crippen molar-refractivity contribution < 1.29 is 43.3 Å². The molecule has 0 aliphatic carbocycles. The fourth-order valence-corrected chi connectivity index (χ4v) is 4.19. The van der Waals surface area contributed by atoms with E-state index in [-0.39, 0.29) is 9.48 Å². The summed E-state index contributed by atoms with van der Waals surface area (Å²) in [5.41, 5.74) is -9.97. The van der Waals surface area contributed by atoms with Gasteiger partial charge in [0.25, 0.3) is 0 Å². The standard InChI is InChI=1S/C7H10F9N2P/c1-17-3-4-18(2)5(17)19(13,14,15,16)7(11,12)6(8,9)10/h3-4H2,1-2H3. The van der Waals surface area contributed by atoms with Crippen molar-refractivity contribution in [1.29, 1.82) is 0 Å². The monoisotopic (exact) mass is 324 g/mol. The van der Waals surface area contributed by atoms with Gasteiger partial charge in [0, 0.05) is 0 Å². The van der Waals surface area contributed by atoms with Gasteiger partial charge in [-0.15, -0.1) is 0 Å². The molecule has 0 aromatic carbocycles. The van der Waals surface area contributed by atoms with E-state index in [1.807, 2.05) is 0 Å². The summed E-state index contributed by atoms with van der Waals surface area (Å²) in [6.45, 7) is -1.02. The number of amidine groups is 1. The van der Waals surface area contributed by atoms with Crippen molar-refractivity contribution >= 4 is 12.8 Å². The Morgan fingerprint density at radius 2 is 1.47 bits per heavy atom. The van der Waals surface area contributed by atoms with Crippen molar-refractivity contribution in [3.8, 4) is 0 Å². The molecule has 116 valence electrons. The fourth-order valence-electron chi connectivity index (χ4n) is 1.86. The summed E-state index contributed by atoms with van der Waals surface area (Å²) in [6, 6.07) is 0. The SMILES string of the molecule is CN1CC[N+](C)=C1[P-](F)(F)(F)(F)C(F)(F)C(F)(F)F. The second-order valence-electron chi connectivity index (χ2n) is 4.35. The number of hydrogen-bond donors (Lipinski definition) is 0. The van der Waals surface area contributed by atoms with Crippen molar-refractivity contribution in [2.45, 2.75) is 11.8 Å². The maximum absolute atomic E-state index is 13.5. The third kappa shape index (κ3) is 1.88. The number of nitrogens with zero attached hydrogens (tertiary/aromatic N) is 2. The third-order valence-corrected chi connectivity index (χ3v) is 5.63. The van der Waals surface area contributed by atoms with E-state index in [1.165, 1.54) is 0 Å². The molecule has 0 saturated heterocycles. The summed E-state index contributed by atoms with van der Waals surface area (Å²) in [4.78, 5) is 0.0233. The Hall–Kier alpha value is -0.730. The van der Waals surface area contributed by atoms with Crippen molar-refractivity contribution in [1.82, 2.24) is 4.90 Å². The second-order valence-corrected chi connectivity index (χ2v) is 7.66. The summed E-state index contributed by atoms with van der Waals surface area (Å²) in [6.07, 6.45) is -7.06. The second kappa shape index (κ2) is 3.29. The summed E-state index contributed by atoms with van der Waals surface area (Å²) >= 11 is 0. The Morgan fingerprint density at radius 3 is 1.74 bits per heavy atom. The minimum absolute atomic E-state index is 0.0233. The first-order valence-electron chi connectivity index (χ1n) is 4.79. The van der Waals surface area contributed by atoms with Crippen LogP contribution in [0.3, 0.4) is 0 Å². The van der Waals surface area contributed by atoms with Crippen LogP contribution in [0, 0.1) is 0 Å². The average Bonchev–Trinajstić information content (AvgIpc) is 2.42. The summed E-state index contributed by atoms with van der Waals surface area (Å²) in [7, 11) is -9.94. The van der Waals surface area contributed by atoms with Gasteiger partial charge < -0.3 is 0 Å². The van der Waals surface area contributed by atoms with Crippen LogP contribution in [0.15, 0.2) is 0 Å². The molecule has 0 spiro atoms. The quantitative estimate of drug-likeness (QED) is 0.426. The number of rotatable bonds is 2. The zero-order chi connectivity index (χ0) is 15.6. The summed E-state index contributed by atoms with van der Waals surface area (Å²) < 4.78 is 116. The zero-order valence-corrected chi connectivity index (χ0v) is 10.6. The summed E-state index contributed by atoms with van der Waals surface area (Å²) in [5.74, 6) is 0. The molecular weight excluding hydrogens is 314 g/mol. The van der Waals surface area contributed by atoms with E-state index < -0.39 is 37.7 Å². The van der Waals surface area contributed by atoms with Crippen LogP contribution in [0.1, 0.15) is 0 Å². The Balaban J connectivity index is 3.71. The van der Waals surface area contributed by atoms with Crippen LogP contribution in [-0.4, -0.2) is 54.1 Å². The Morgan fingerprint density at radius 1 is 1.05 bits per heavy atom. The molecule has 0 radical (unpaired) electrons. The molecule has 0 N–H and O–H groups in total. The van der Waals surface area contributed by atoms with Gasteiger partial charge in [-0.2, -0.15) is 0 Å². The van der Waals surface area contributed by atoms with E-state index in [4.69, 9.17) is 0 Å². The molecule has 19 heavy (non-hydrogen) atoms. The minimum atomic E-state index is -11.2. The molecule has 0 amide bonds. The molecule has 0 unspecified atom stereocenters. The maximum atomic E-state index is 13.5. The molecule has 0 aromatic rings. The molecule has 1 aliphatic rings. The normalized spacial score (nSPS) is 22.6. The first-order valence-corrected chi connectivity index (χ1v) is 7.04. The molecule has 0 bridgehead atoms. The van der Waals surface area contributed by atoms with Gasteiger partial charge in [-0.3, -0.25) is 0 Å². The summed E-state index contributed by atoms with van der Waals surface area (Å²) in [5, 5.41) is 0. The number of alkyl halides is 5. The molecular formula is C7H10F9N2P. The van der Waals surface area contributed by atoms with Gasteiger partial charge >= 0.3 is 100 Å². The van der Waals surface area contributed by atoms with Gasteiger partial charge in [0.05, 0.1) is 0 Å². The van der Waals surface area contributed by atoms with E-state index >= 15 is 0 Å². The van der Waals surface area contributed by atoms with E-state index in [9.17, 15) is 38.7 Å². The molecule has 1 rings (SSSR count). The number of halogens is 9. The van der Waals surface area contributed by atoms with Gasteiger partial charge in [0.1, 0.15) is 0 Å². The predicted molar refractivity (Wildman–Crippen MR) is 51.0 cm³/mol.